The first kappa shape index (κ1) is 57.7. The zero-order valence-corrected chi connectivity index (χ0v) is 50.4. The predicted octanol–water partition coefficient (Wildman–Crippen LogP) is 13.4. The van der Waals surface area contributed by atoms with Gasteiger partial charge in [0, 0.05) is 81.8 Å². The molecule has 2 N–H and O–H groups in total. The van der Waals surface area contributed by atoms with Crippen LogP contribution in [0.5, 0.6) is 0 Å². The van der Waals surface area contributed by atoms with E-state index in [-0.39, 0.29) is 60.5 Å². The number of nitrogens with zero attached hydrogens (tertiary/aromatic N) is 7. The maximum atomic E-state index is 14.3. The number of thioether (sulfide) groups is 2. The van der Waals surface area contributed by atoms with Crippen LogP contribution in [0, 0.1) is 11.8 Å². The minimum absolute atomic E-state index is 0.0503. The maximum absolute atomic E-state index is 14.3. The molecule has 17 heteroatoms. The molecule has 410 valence electrons. The third-order valence-corrected chi connectivity index (χ3v) is 19.0. The molecule has 2 saturated heterocycles. The Kier molecular flexibility index (Phi) is 17.7. The summed E-state index contributed by atoms with van der Waals surface area (Å²) in [6, 6.07) is 32.3. The van der Waals surface area contributed by atoms with Crippen molar-refractivity contribution in [2.75, 3.05) is 39.3 Å². The van der Waals surface area contributed by atoms with Crippen LogP contribution in [0.2, 0.25) is 20.1 Å². The van der Waals surface area contributed by atoms with Crippen LogP contribution in [0.25, 0.3) is 0 Å². The van der Waals surface area contributed by atoms with E-state index in [1.807, 2.05) is 70.5 Å². The summed E-state index contributed by atoms with van der Waals surface area (Å²) in [6.45, 7) is 25.5. The SMILES string of the molecule is CC(C)C1=C(C(=O)N(C[C@@H]2CCN2)C(C)C)SC2=N[C@@](C)(c3ccc(Cl)cc3)[C@@H](c3ccc(Cl)cc3)N21.CC(C)C1=C(C(=O)N(C[C@@H]2CCN2CCO)C(C)C)SC2=N[C@@](C)(c3ccc(Cl)cc3)[C@@H](c3ccc(Cl)cc3)N21. The van der Waals surface area contributed by atoms with Crippen LogP contribution in [0.15, 0.2) is 128 Å². The fourth-order valence-corrected chi connectivity index (χ4v) is 14.8. The number of hydrogen-bond donors (Lipinski definition) is 2. The first-order valence-corrected chi connectivity index (χ1v) is 30.1. The molecule has 2 fully saturated rings. The number of amidine groups is 2. The average Bonchev–Trinajstić information content (AvgIpc) is 4.31. The highest BCUT2D eigenvalue weighted by molar-refractivity contribution is 8.18. The van der Waals surface area contributed by atoms with Crippen molar-refractivity contribution in [1.82, 2.24) is 29.8 Å². The summed E-state index contributed by atoms with van der Waals surface area (Å²) in [5.41, 5.74) is 5.22. The third-order valence-electron chi connectivity index (χ3n) is 15.9. The molecule has 6 aliphatic rings. The lowest BCUT2D eigenvalue weighted by molar-refractivity contribution is -0.130. The summed E-state index contributed by atoms with van der Waals surface area (Å²) in [5.74, 6) is 0.389. The Morgan fingerprint density at radius 2 is 1.00 bits per heavy atom. The number of likely N-dealkylation sites (tertiary alicyclic amines) is 1. The summed E-state index contributed by atoms with van der Waals surface area (Å²) < 4.78 is 0. The summed E-state index contributed by atoms with van der Waals surface area (Å²) in [4.78, 5) is 51.4. The third kappa shape index (κ3) is 11.4. The van der Waals surface area contributed by atoms with Crippen LogP contribution in [0.1, 0.15) is 116 Å². The Balaban J connectivity index is 0.000000188. The molecule has 6 aliphatic heterocycles. The highest BCUT2D eigenvalue weighted by Crippen LogP contribution is 2.58. The fraction of sp³-hybridized carbons (Fsp3) is 0.467. The van der Waals surface area contributed by atoms with Crippen molar-refractivity contribution in [2.45, 2.75) is 129 Å². The number of fused-ring (bicyclic) bond motifs is 2. The van der Waals surface area contributed by atoms with Gasteiger partial charge in [-0.3, -0.25) is 14.5 Å². The second-order valence-corrected chi connectivity index (χ2v) is 26.1. The normalized spacial score (nSPS) is 24.8. The Hall–Kier alpha value is -4.02. The van der Waals surface area contributed by atoms with Crippen molar-refractivity contribution < 1.29 is 14.7 Å². The number of amides is 2. The van der Waals surface area contributed by atoms with E-state index in [4.69, 9.17) is 56.4 Å². The molecule has 4 aromatic rings. The lowest BCUT2D eigenvalue weighted by Gasteiger charge is -2.44. The molecule has 0 aromatic heterocycles. The first-order chi connectivity index (χ1) is 36.6. The number of halogens is 4. The molecule has 0 spiro atoms. The number of aliphatic hydroxyl groups excluding tert-OH is 1. The number of allylic oxidation sites excluding steroid dienone is 2. The molecule has 0 aliphatic carbocycles. The molecule has 2 amide bonds. The molecular formula is C60H72Cl4N8O3S2. The Morgan fingerprint density at radius 3 is 1.31 bits per heavy atom. The maximum Gasteiger partial charge on any atom is 0.262 e. The highest BCUT2D eigenvalue weighted by atomic mass is 35.5. The number of aliphatic imine (C=N–C) groups is 2. The molecule has 0 bridgehead atoms. The summed E-state index contributed by atoms with van der Waals surface area (Å²) in [7, 11) is 0. The average molecular weight is 1160 g/mol. The van der Waals surface area contributed by atoms with Gasteiger partial charge in [0.25, 0.3) is 11.8 Å². The molecule has 0 radical (unpaired) electrons. The monoisotopic (exact) mass is 1160 g/mol. The van der Waals surface area contributed by atoms with Gasteiger partial charge < -0.3 is 30.0 Å². The lowest BCUT2D eigenvalue weighted by Crippen LogP contribution is -2.56. The van der Waals surface area contributed by atoms with Gasteiger partial charge in [-0.2, -0.15) is 0 Å². The Bertz CT molecular complexity index is 2950. The van der Waals surface area contributed by atoms with E-state index in [2.05, 4.69) is 126 Å². The van der Waals surface area contributed by atoms with E-state index < -0.39 is 11.1 Å². The molecule has 6 heterocycles. The van der Waals surface area contributed by atoms with Gasteiger partial charge in [-0.1, -0.05) is 123 Å². The summed E-state index contributed by atoms with van der Waals surface area (Å²) in [5, 5.41) is 17.4. The van der Waals surface area contributed by atoms with Crippen molar-refractivity contribution in [3.05, 3.63) is 161 Å². The van der Waals surface area contributed by atoms with E-state index >= 15 is 0 Å². The minimum Gasteiger partial charge on any atom is -0.395 e. The van der Waals surface area contributed by atoms with Crippen LogP contribution in [0.4, 0.5) is 0 Å². The minimum atomic E-state index is -0.593. The van der Waals surface area contributed by atoms with Gasteiger partial charge in [0.1, 0.15) is 20.9 Å². The molecule has 11 nitrogen and oxygen atoms in total. The van der Waals surface area contributed by atoms with Crippen molar-refractivity contribution in [2.24, 2.45) is 21.8 Å². The number of benzene rings is 4. The van der Waals surface area contributed by atoms with Crippen LogP contribution in [-0.2, 0) is 20.7 Å². The highest BCUT2D eigenvalue weighted by Gasteiger charge is 2.55. The molecular weight excluding hydrogens is 1090 g/mol. The second kappa shape index (κ2) is 23.6. The summed E-state index contributed by atoms with van der Waals surface area (Å²) in [6.07, 6.45) is 2.15. The van der Waals surface area contributed by atoms with Gasteiger partial charge in [0.05, 0.1) is 18.7 Å². The molecule has 6 atom stereocenters. The van der Waals surface area contributed by atoms with E-state index in [9.17, 15) is 14.7 Å². The van der Waals surface area contributed by atoms with Crippen LogP contribution in [0.3, 0.4) is 0 Å². The predicted molar refractivity (Wildman–Crippen MR) is 321 cm³/mol. The van der Waals surface area contributed by atoms with Gasteiger partial charge >= 0.3 is 0 Å². The molecule has 4 aromatic carbocycles. The molecule has 0 saturated carbocycles. The van der Waals surface area contributed by atoms with E-state index in [0.717, 1.165) is 86.3 Å². The summed E-state index contributed by atoms with van der Waals surface area (Å²) >= 11 is 28.1. The van der Waals surface area contributed by atoms with Gasteiger partial charge in [-0.15, -0.1) is 0 Å². The van der Waals surface area contributed by atoms with Crippen molar-refractivity contribution in [1.29, 1.82) is 0 Å². The van der Waals surface area contributed by atoms with E-state index in [1.54, 1.807) is 0 Å². The van der Waals surface area contributed by atoms with Gasteiger partial charge in [-0.05, 0) is 167 Å². The number of carbonyl (C=O) groups is 2. The van der Waals surface area contributed by atoms with Gasteiger partial charge in [0.15, 0.2) is 10.3 Å². The van der Waals surface area contributed by atoms with Crippen molar-refractivity contribution in [3.63, 3.8) is 0 Å². The number of carbonyl (C=O) groups excluding carboxylic acids is 2. The van der Waals surface area contributed by atoms with E-state index in [1.165, 1.54) is 23.5 Å². The fourth-order valence-electron chi connectivity index (χ4n) is 11.5. The smallest absolute Gasteiger partial charge is 0.262 e. The topological polar surface area (TPSA) is 107 Å². The van der Waals surface area contributed by atoms with Crippen LogP contribution in [-0.4, -0.2) is 115 Å². The zero-order chi connectivity index (χ0) is 55.2. The number of β-amino-alcohol motifs (C(OH)–C–C–N with tert-alkyl or cyclic N) is 1. The van der Waals surface area contributed by atoms with E-state index in [0.29, 0.717) is 39.2 Å². The quantitative estimate of drug-likeness (QED) is 0.113. The zero-order valence-electron chi connectivity index (χ0n) is 45.7. The second-order valence-electron chi connectivity index (χ2n) is 22.4. The number of rotatable bonds is 16. The van der Waals surface area contributed by atoms with Gasteiger partial charge in [0.2, 0.25) is 0 Å². The van der Waals surface area contributed by atoms with Crippen molar-refractivity contribution in [3.8, 4) is 0 Å². The molecule has 77 heavy (non-hydrogen) atoms. The number of aliphatic hydroxyl groups is 1. The van der Waals surface area contributed by atoms with Crippen LogP contribution >= 0.6 is 69.9 Å². The molecule has 0 unspecified atom stereocenters. The lowest BCUT2D eigenvalue weighted by atomic mass is 9.81. The number of hydrogen-bond acceptors (Lipinski definition) is 11. The largest absolute Gasteiger partial charge is 0.395 e. The van der Waals surface area contributed by atoms with Crippen molar-refractivity contribution >= 4 is 92.1 Å². The first-order valence-electron chi connectivity index (χ1n) is 27.0. The Labute approximate surface area is 484 Å². The Morgan fingerprint density at radius 1 is 0.623 bits per heavy atom. The standard InChI is InChI=1S/C31H38Cl2N4O2S.C29H34Cl2N4OS/c1-19(2)26-27(29(39)36(20(3)4)18-25-14-15-35(25)16-17-38)40-30-34-31(5,22-8-12-24(33)13-9-22)28(37(26)30)21-6-10-23(32)11-7-21;1-17(2)24-25(27(36)34(18(3)4)16-23-14-15-32-23)37-28-33-29(5,20-8-12-22(31)13-9-20)26(35(24)28)19-6-10-21(30)11-7-19/h6-13,19-20,25,28,38H,14-18H2,1-5H3;6-13,17-18,23,26,32H,14-16H2,1-5H3/t25-,28+,31-;23-,26+,29-/m00/s1. The number of nitrogens with one attached hydrogen (secondary N) is 1. The molecule has 10 rings (SSSR count). The van der Waals surface area contributed by atoms with Gasteiger partial charge in [-0.25, -0.2) is 9.98 Å². The van der Waals surface area contributed by atoms with Crippen LogP contribution < -0.4 is 5.32 Å².